The van der Waals surface area contributed by atoms with Gasteiger partial charge in [0.15, 0.2) is 0 Å². The number of nitrogens with zero attached hydrogens (tertiary/aromatic N) is 1. The van der Waals surface area contributed by atoms with Gasteiger partial charge in [-0.1, -0.05) is 51.4 Å². The quantitative estimate of drug-likeness (QED) is 0.227. The summed E-state index contributed by atoms with van der Waals surface area (Å²) in [5.41, 5.74) is 3.28. The van der Waals surface area contributed by atoms with Crippen molar-refractivity contribution in [1.29, 1.82) is 0 Å². The average Bonchev–Trinajstić information content (AvgIpc) is 2.55. The summed E-state index contributed by atoms with van der Waals surface area (Å²) < 4.78 is 3.62. The zero-order chi connectivity index (χ0) is 17.5. The molecule has 0 aliphatic rings. The lowest BCUT2D eigenvalue weighted by molar-refractivity contribution is -0.113. The molecule has 2 aromatic carbocycles. The molecule has 2 N–H and O–H groups in total. The monoisotopic (exact) mass is 424 g/mol. The largest absolute Gasteiger partial charge is 0.410 e. The first kappa shape index (κ1) is 18.9. The molecular weight excluding hydrogens is 408 g/mol. The molecule has 0 radical (unpaired) electrons. The van der Waals surface area contributed by atoms with Crippen LogP contribution in [0.4, 0.5) is 0 Å². The Bertz CT molecular complexity index is 746. The summed E-state index contributed by atoms with van der Waals surface area (Å²) in [4.78, 5) is 13.3. The summed E-state index contributed by atoms with van der Waals surface area (Å²) in [6.07, 6.45) is 0.260. The Morgan fingerprint density at radius 1 is 1.21 bits per heavy atom. The van der Waals surface area contributed by atoms with Crippen LogP contribution in [-0.4, -0.2) is 16.8 Å². The van der Waals surface area contributed by atoms with Crippen molar-refractivity contribution in [1.82, 2.24) is 4.72 Å². The summed E-state index contributed by atoms with van der Waals surface area (Å²) in [6, 6.07) is 13.6. The third-order valence-corrected chi connectivity index (χ3v) is 5.97. The van der Waals surface area contributed by atoms with Crippen LogP contribution in [0, 0.1) is 13.8 Å². The average molecular weight is 425 g/mol. The van der Waals surface area contributed by atoms with Gasteiger partial charge in [-0.25, -0.2) is 0 Å². The standard InChI is InChI=1S/C17H17BrN2O2S2/c1-11-5-3-6-12(2)16(11)23-24-20-17(21)15(19-22)10-13-7-4-8-14(18)9-13/h3-9,22H,10H2,1-2H3,(H,20,21)/b19-15-. The first-order chi connectivity index (χ1) is 11.5. The van der Waals surface area contributed by atoms with Crippen LogP contribution in [0.5, 0.6) is 0 Å². The molecule has 1 amide bonds. The highest BCUT2D eigenvalue weighted by Gasteiger charge is 2.14. The summed E-state index contributed by atoms with van der Waals surface area (Å²) in [7, 11) is 2.70. The second-order valence-corrected chi connectivity index (χ2v) is 8.03. The van der Waals surface area contributed by atoms with Crippen molar-refractivity contribution in [3.63, 3.8) is 0 Å². The van der Waals surface area contributed by atoms with Crippen LogP contribution in [0.25, 0.3) is 0 Å². The molecule has 0 saturated heterocycles. The number of amides is 1. The van der Waals surface area contributed by atoms with E-state index in [0.717, 1.165) is 26.1 Å². The molecule has 7 heteroatoms. The molecule has 0 spiro atoms. The summed E-state index contributed by atoms with van der Waals surface area (Å²) in [6.45, 7) is 4.07. The van der Waals surface area contributed by atoms with E-state index in [1.165, 1.54) is 21.8 Å². The van der Waals surface area contributed by atoms with Crippen molar-refractivity contribution in [3.8, 4) is 0 Å². The number of carbonyl (C=O) groups excluding carboxylic acids is 1. The van der Waals surface area contributed by atoms with Crippen LogP contribution in [0.2, 0.25) is 0 Å². The molecule has 4 nitrogen and oxygen atoms in total. The maximum atomic E-state index is 12.2. The van der Waals surface area contributed by atoms with Crippen LogP contribution in [0.1, 0.15) is 16.7 Å². The topological polar surface area (TPSA) is 61.7 Å². The lowest BCUT2D eigenvalue weighted by atomic mass is 10.1. The summed E-state index contributed by atoms with van der Waals surface area (Å²) in [5.74, 6) is -0.402. The molecule has 2 aromatic rings. The Kier molecular flexibility index (Phi) is 7.20. The molecule has 126 valence electrons. The van der Waals surface area contributed by atoms with Crippen LogP contribution >= 0.6 is 37.7 Å². The molecular formula is C17H17BrN2O2S2. The lowest BCUT2D eigenvalue weighted by Crippen LogP contribution is -2.27. The van der Waals surface area contributed by atoms with E-state index in [2.05, 4.69) is 25.8 Å². The van der Waals surface area contributed by atoms with Crippen LogP contribution in [-0.2, 0) is 11.2 Å². The SMILES string of the molecule is Cc1cccc(C)c1SSNC(=O)/C(Cc1cccc(Br)c1)=N\O. The predicted octanol–water partition coefficient (Wildman–Crippen LogP) is 4.91. The second-order valence-electron chi connectivity index (χ2n) is 5.17. The van der Waals surface area contributed by atoms with Gasteiger partial charge in [0.25, 0.3) is 5.91 Å². The van der Waals surface area contributed by atoms with Gasteiger partial charge in [-0.3, -0.25) is 9.52 Å². The number of benzene rings is 2. The van der Waals surface area contributed by atoms with Crippen LogP contribution in [0.3, 0.4) is 0 Å². The Labute approximate surface area is 157 Å². The molecule has 2 rings (SSSR count). The van der Waals surface area contributed by atoms with Gasteiger partial charge in [-0.2, -0.15) is 0 Å². The van der Waals surface area contributed by atoms with Crippen molar-refractivity contribution in [2.24, 2.45) is 5.16 Å². The van der Waals surface area contributed by atoms with E-state index in [9.17, 15) is 4.79 Å². The van der Waals surface area contributed by atoms with E-state index < -0.39 is 5.91 Å². The molecule has 0 fully saturated rings. The highest BCUT2D eigenvalue weighted by Crippen LogP contribution is 2.33. The molecule has 0 aliphatic heterocycles. The van der Waals surface area contributed by atoms with Crippen LogP contribution in [0.15, 0.2) is 57.0 Å². The van der Waals surface area contributed by atoms with E-state index in [0.29, 0.717) is 0 Å². The lowest BCUT2D eigenvalue weighted by Gasteiger charge is -2.09. The summed E-state index contributed by atoms with van der Waals surface area (Å²) >= 11 is 3.38. The van der Waals surface area contributed by atoms with E-state index in [1.54, 1.807) is 0 Å². The maximum Gasteiger partial charge on any atom is 0.279 e. The van der Waals surface area contributed by atoms with Gasteiger partial charge < -0.3 is 5.21 Å². The fourth-order valence-corrected chi connectivity index (χ4v) is 4.65. The van der Waals surface area contributed by atoms with Gasteiger partial charge in [0.05, 0.1) is 0 Å². The fraction of sp³-hybridized carbons (Fsp3) is 0.176. The Hall–Kier alpha value is -1.44. The molecule has 0 aromatic heterocycles. The van der Waals surface area contributed by atoms with Crippen molar-refractivity contribution >= 4 is 49.3 Å². The number of nitrogens with one attached hydrogen (secondary N) is 1. The Morgan fingerprint density at radius 3 is 2.50 bits per heavy atom. The third-order valence-electron chi connectivity index (χ3n) is 3.31. The minimum Gasteiger partial charge on any atom is -0.410 e. The minimum atomic E-state index is -0.402. The van der Waals surface area contributed by atoms with E-state index >= 15 is 0 Å². The maximum absolute atomic E-state index is 12.2. The smallest absolute Gasteiger partial charge is 0.279 e. The number of carbonyl (C=O) groups is 1. The number of aryl methyl sites for hydroxylation is 2. The summed E-state index contributed by atoms with van der Waals surface area (Å²) in [5, 5.41) is 12.3. The molecule has 0 bridgehead atoms. The molecule has 0 unspecified atom stereocenters. The highest BCUT2D eigenvalue weighted by atomic mass is 79.9. The van der Waals surface area contributed by atoms with Gasteiger partial charge in [-0.05, 0) is 53.5 Å². The van der Waals surface area contributed by atoms with Crippen molar-refractivity contribution in [2.45, 2.75) is 25.2 Å². The minimum absolute atomic E-state index is 0.0719. The van der Waals surface area contributed by atoms with Gasteiger partial charge in [-0.15, -0.1) is 0 Å². The van der Waals surface area contributed by atoms with Crippen molar-refractivity contribution in [2.75, 3.05) is 0 Å². The molecule has 0 atom stereocenters. The number of hydrogen-bond donors (Lipinski definition) is 2. The van der Waals surface area contributed by atoms with Gasteiger partial charge in [0.1, 0.15) is 5.71 Å². The van der Waals surface area contributed by atoms with Crippen molar-refractivity contribution < 1.29 is 10.0 Å². The van der Waals surface area contributed by atoms with E-state index in [4.69, 9.17) is 5.21 Å². The fourth-order valence-electron chi connectivity index (χ4n) is 2.09. The zero-order valence-electron chi connectivity index (χ0n) is 13.2. The zero-order valence-corrected chi connectivity index (χ0v) is 16.5. The van der Waals surface area contributed by atoms with Crippen molar-refractivity contribution in [3.05, 3.63) is 63.6 Å². The normalized spacial score (nSPS) is 11.4. The molecule has 0 aliphatic carbocycles. The second kappa shape index (κ2) is 9.15. The Morgan fingerprint density at radius 2 is 1.88 bits per heavy atom. The first-order valence-corrected chi connectivity index (χ1v) is 10.1. The Balaban J connectivity index is 1.93. The predicted molar refractivity (Wildman–Crippen MR) is 105 cm³/mol. The van der Waals surface area contributed by atoms with Crippen LogP contribution < -0.4 is 4.72 Å². The highest BCUT2D eigenvalue weighted by molar-refractivity contribution is 9.10. The molecule has 24 heavy (non-hydrogen) atoms. The third kappa shape index (κ3) is 5.29. The number of rotatable bonds is 6. The molecule has 0 saturated carbocycles. The number of hydrogen-bond acceptors (Lipinski definition) is 5. The first-order valence-electron chi connectivity index (χ1n) is 7.16. The van der Waals surface area contributed by atoms with E-state index in [-0.39, 0.29) is 12.1 Å². The molecule has 0 heterocycles. The number of oxime groups is 1. The van der Waals surface area contributed by atoms with Gasteiger partial charge in [0.2, 0.25) is 0 Å². The van der Waals surface area contributed by atoms with Gasteiger partial charge >= 0.3 is 0 Å². The van der Waals surface area contributed by atoms with E-state index in [1.807, 2.05) is 56.3 Å². The number of halogens is 1. The van der Waals surface area contributed by atoms with Gasteiger partial charge in [0, 0.05) is 26.8 Å².